The first-order valence-electron chi connectivity index (χ1n) is 7.54. The first kappa shape index (κ1) is 14.7. The molecule has 0 saturated carbocycles. The normalized spacial score (nSPS) is 17.0. The van der Waals surface area contributed by atoms with Crippen molar-refractivity contribution in [2.45, 2.75) is 6.92 Å². The molecule has 1 amide bonds. The van der Waals surface area contributed by atoms with Crippen molar-refractivity contribution in [3.63, 3.8) is 0 Å². The molecule has 0 aliphatic carbocycles. The molecule has 0 bridgehead atoms. The molecule has 1 unspecified atom stereocenters. The van der Waals surface area contributed by atoms with Crippen LogP contribution in [0.25, 0.3) is 5.65 Å². The van der Waals surface area contributed by atoms with Crippen LogP contribution in [0, 0.1) is 5.92 Å². The van der Waals surface area contributed by atoms with E-state index < -0.39 is 0 Å². The maximum Gasteiger partial charge on any atom is 0.226 e. The van der Waals surface area contributed by atoms with Gasteiger partial charge in [-0.05, 0) is 19.2 Å². The van der Waals surface area contributed by atoms with Crippen LogP contribution >= 0.6 is 0 Å². The number of aromatic nitrogens is 4. The minimum absolute atomic E-state index is 0.0167. The molecule has 1 saturated heterocycles. The van der Waals surface area contributed by atoms with E-state index in [2.05, 4.69) is 25.5 Å². The number of hydrogen-bond acceptors (Lipinski definition) is 6. The molecule has 8 heteroatoms. The van der Waals surface area contributed by atoms with E-state index in [-0.39, 0.29) is 11.8 Å². The van der Waals surface area contributed by atoms with Crippen LogP contribution in [0.3, 0.4) is 0 Å². The summed E-state index contributed by atoms with van der Waals surface area (Å²) in [5.74, 6) is 1.13. The van der Waals surface area contributed by atoms with Crippen molar-refractivity contribution in [1.29, 1.82) is 0 Å². The topological polar surface area (TPSA) is 78.7 Å². The number of anilines is 1. The average Bonchev–Trinajstić information content (AvgIpc) is 3.02. The molecule has 2 aromatic heterocycles. The molecule has 1 aliphatic rings. The molecule has 0 radical (unpaired) electrons. The summed E-state index contributed by atoms with van der Waals surface area (Å²) < 4.78 is 1.67. The van der Waals surface area contributed by atoms with E-state index in [1.807, 2.05) is 31.0 Å². The van der Waals surface area contributed by atoms with Crippen LogP contribution in [-0.4, -0.2) is 70.4 Å². The van der Waals surface area contributed by atoms with Crippen molar-refractivity contribution in [2.75, 3.05) is 44.7 Å². The fourth-order valence-electron chi connectivity index (χ4n) is 2.75. The van der Waals surface area contributed by atoms with Gasteiger partial charge in [0.2, 0.25) is 5.91 Å². The van der Waals surface area contributed by atoms with Gasteiger partial charge in [-0.15, -0.1) is 15.3 Å². The van der Waals surface area contributed by atoms with Gasteiger partial charge in [0.1, 0.15) is 12.1 Å². The van der Waals surface area contributed by atoms with Gasteiger partial charge in [-0.25, -0.2) is 0 Å². The van der Waals surface area contributed by atoms with E-state index in [0.717, 1.165) is 37.6 Å². The number of hydrogen-bond donors (Lipinski definition) is 1. The number of carbonyl (C=O) groups is 1. The van der Waals surface area contributed by atoms with Gasteiger partial charge in [0.05, 0.1) is 0 Å². The van der Waals surface area contributed by atoms with Crippen molar-refractivity contribution in [1.82, 2.24) is 30.0 Å². The van der Waals surface area contributed by atoms with Gasteiger partial charge in [-0.1, -0.05) is 6.92 Å². The van der Waals surface area contributed by atoms with Crippen LogP contribution < -0.4 is 10.2 Å². The predicted molar refractivity (Wildman–Crippen MR) is 82.7 cm³/mol. The van der Waals surface area contributed by atoms with Crippen molar-refractivity contribution >= 4 is 17.4 Å². The minimum atomic E-state index is 0.0167. The van der Waals surface area contributed by atoms with Gasteiger partial charge in [0, 0.05) is 38.6 Å². The third kappa shape index (κ3) is 2.87. The molecule has 0 aromatic carbocycles. The van der Waals surface area contributed by atoms with Gasteiger partial charge in [0.15, 0.2) is 5.65 Å². The van der Waals surface area contributed by atoms with E-state index in [9.17, 15) is 4.79 Å². The molecular weight excluding hydrogens is 282 g/mol. The lowest BCUT2D eigenvalue weighted by Crippen LogP contribution is -2.51. The van der Waals surface area contributed by atoms with Crippen LogP contribution in [0.1, 0.15) is 6.92 Å². The van der Waals surface area contributed by atoms with Crippen LogP contribution in [0.4, 0.5) is 5.82 Å². The van der Waals surface area contributed by atoms with Gasteiger partial charge in [-0.3, -0.25) is 4.79 Å². The van der Waals surface area contributed by atoms with Crippen LogP contribution in [0.2, 0.25) is 0 Å². The quantitative estimate of drug-likeness (QED) is 0.830. The summed E-state index contributed by atoms with van der Waals surface area (Å²) in [5, 5.41) is 15.3. The highest BCUT2D eigenvalue weighted by Gasteiger charge is 2.25. The van der Waals surface area contributed by atoms with Crippen LogP contribution in [0.5, 0.6) is 0 Å². The van der Waals surface area contributed by atoms with Gasteiger partial charge < -0.3 is 15.1 Å². The lowest BCUT2D eigenvalue weighted by Gasteiger charge is -2.36. The van der Waals surface area contributed by atoms with E-state index >= 15 is 0 Å². The minimum Gasteiger partial charge on any atom is -0.352 e. The van der Waals surface area contributed by atoms with Crippen LogP contribution in [-0.2, 0) is 4.79 Å². The molecule has 3 rings (SSSR count). The molecule has 2 aromatic rings. The first-order valence-corrected chi connectivity index (χ1v) is 7.54. The Bertz CT molecular complexity index is 647. The van der Waals surface area contributed by atoms with E-state index in [0.29, 0.717) is 6.54 Å². The fraction of sp³-hybridized carbons (Fsp3) is 0.571. The molecule has 1 N–H and O–H groups in total. The van der Waals surface area contributed by atoms with E-state index in [1.54, 1.807) is 10.8 Å². The Morgan fingerprint density at radius 3 is 2.82 bits per heavy atom. The summed E-state index contributed by atoms with van der Waals surface area (Å²) in [6, 6.07) is 3.85. The van der Waals surface area contributed by atoms with E-state index in [4.69, 9.17) is 0 Å². The van der Waals surface area contributed by atoms with Gasteiger partial charge in [0.25, 0.3) is 0 Å². The Hall–Kier alpha value is -2.22. The van der Waals surface area contributed by atoms with Crippen LogP contribution in [0.15, 0.2) is 18.5 Å². The smallest absolute Gasteiger partial charge is 0.226 e. The maximum absolute atomic E-state index is 12.3. The Morgan fingerprint density at radius 2 is 2.09 bits per heavy atom. The number of carbonyl (C=O) groups excluding carboxylic acids is 1. The SMILES string of the molecule is CNCC(C)C(=O)N1CCN(c2ccc3nncn3n2)CC1. The number of fused-ring (bicyclic) bond motifs is 1. The largest absolute Gasteiger partial charge is 0.352 e. The summed E-state index contributed by atoms with van der Waals surface area (Å²) in [6.07, 6.45) is 1.60. The standard InChI is InChI=1S/C14H21N7O/c1-11(9-15-2)14(22)20-7-5-19(6-8-20)13-4-3-12-17-16-10-21(12)18-13/h3-4,10-11,15H,5-9H2,1-2H3. The Morgan fingerprint density at radius 1 is 1.32 bits per heavy atom. The molecule has 1 aliphatic heterocycles. The molecule has 0 spiro atoms. The lowest BCUT2D eigenvalue weighted by atomic mass is 10.1. The maximum atomic E-state index is 12.3. The second kappa shape index (κ2) is 6.27. The first-order chi connectivity index (χ1) is 10.7. The molecule has 22 heavy (non-hydrogen) atoms. The predicted octanol–water partition coefficient (Wildman–Crippen LogP) is -0.372. The summed E-state index contributed by atoms with van der Waals surface area (Å²) in [4.78, 5) is 16.4. The van der Waals surface area contributed by atoms with Crippen molar-refractivity contribution in [2.24, 2.45) is 5.92 Å². The summed E-state index contributed by atoms with van der Waals surface area (Å²) in [5.41, 5.74) is 0.735. The number of nitrogens with zero attached hydrogens (tertiary/aromatic N) is 6. The Balaban J connectivity index is 1.62. The van der Waals surface area contributed by atoms with Crippen molar-refractivity contribution < 1.29 is 4.79 Å². The van der Waals surface area contributed by atoms with E-state index in [1.165, 1.54) is 0 Å². The summed E-state index contributed by atoms with van der Waals surface area (Å²) >= 11 is 0. The summed E-state index contributed by atoms with van der Waals surface area (Å²) in [6.45, 7) is 5.72. The number of nitrogens with one attached hydrogen (secondary N) is 1. The highest BCUT2D eigenvalue weighted by Crippen LogP contribution is 2.15. The molecular formula is C14H21N7O. The second-order valence-corrected chi connectivity index (χ2v) is 5.60. The second-order valence-electron chi connectivity index (χ2n) is 5.60. The Labute approximate surface area is 129 Å². The number of piperazine rings is 1. The number of rotatable bonds is 4. The molecule has 1 atom stereocenters. The molecule has 118 valence electrons. The van der Waals surface area contributed by atoms with Gasteiger partial charge >= 0.3 is 0 Å². The monoisotopic (exact) mass is 303 g/mol. The molecule has 8 nitrogen and oxygen atoms in total. The lowest BCUT2D eigenvalue weighted by molar-refractivity contribution is -0.135. The summed E-state index contributed by atoms with van der Waals surface area (Å²) in [7, 11) is 1.87. The Kier molecular flexibility index (Phi) is 4.19. The zero-order chi connectivity index (χ0) is 15.5. The average molecular weight is 303 g/mol. The number of amides is 1. The molecule has 1 fully saturated rings. The highest BCUT2D eigenvalue weighted by molar-refractivity contribution is 5.79. The zero-order valence-electron chi connectivity index (χ0n) is 12.9. The van der Waals surface area contributed by atoms with Gasteiger partial charge in [-0.2, -0.15) is 4.52 Å². The fourth-order valence-corrected chi connectivity index (χ4v) is 2.75. The molecule has 3 heterocycles. The van der Waals surface area contributed by atoms with Crippen molar-refractivity contribution in [3.05, 3.63) is 18.5 Å². The van der Waals surface area contributed by atoms with Crippen molar-refractivity contribution in [3.8, 4) is 0 Å². The zero-order valence-corrected chi connectivity index (χ0v) is 12.9. The third-order valence-corrected chi connectivity index (χ3v) is 3.99. The third-order valence-electron chi connectivity index (χ3n) is 3.99. The highest BCUT2D eigenvalue weighted by atomic mass is 16.2.